The topological polar surface area (TPSA) is 58.4 Å². The van der Waals surface area contributed by atoms with E-state index >= 15 is 0 Å². The zero-order valence-electron chi connectivity index (χ0n) is 14.9. The Labute approximate surface area is 148 Å². The highest BCUT2D eigenvalue weighted by Gasteiger charge is 2.21. The number of nitrogens with zero attached hydrogens (tertiary/aromatic N) is 2. The van der Waals surface area contributed by atoms with Gasteiger partial charge in [-0.25, -0.2) is 0 Å². The van der Waals surface area contributed by atoms with E-state index in [0.29, 0.717) is 6.54 Å². The van der Waals surface area contributed by atoms with Crippen LogP contribution in [0, 0.1) is 24.0 Å². The molecule has 1 saturated heterocycles. The first kappa shape index (κ1) is 17.3. The van der Waals surface area contributed by atoms with Crippen LogP contribution < -0.4 is 10.2 Å². The second kappa shape index (κ2) is 7.55. The van der Waals surface area contributed by atoms with E-state index in [9.17, 15) is 10.1 Å². The maximum absolute atomic E-state index is 11.5. The van der Waals surface area contributed by atoms with Crippen LogP contribution in [-0.2, 0) is 6.54 Å². The van der Waals surface area contributed by atoms with Crippen LogP contribution in [0.5, 0.6) is 0 Å². The number of aryl methyl sites for hydroxylation is 2. The van der Waals surface area contributed by atoms with E-state index in [4.69, 9.17) is 0 Å². The first-order chi connectivity index (χ1) is 12.0. The highest BCUT2D eigenvalue weighted by Crippen LogP contribution is 2.31. The van der Waals surface area contributed by atoms with Gasteiger partial charge in [-0.2, -0.15) is 0 Å². The molecular formula is C20H25N3O2. The van der Waals surface area contributed by atoms with Gasteiger partial charge in [0.25, 0.3) is 5.69 Å². The lowest BCUT2D eigenvalue weighted by atomic mass is 10.1. The molecule has 0 bridgehead atoms. The molecule has 5 nitrogen and oxygen atoms in total. The average molecular weight is 339 g/mol. The van der Waals surface area contributed by atoms with Gasteiger partial charge in [-0.3, -0.25) is 10.1 Å². The molecule has 2 aromatic rings. The average Bonchev–Trinajstić information content (AvgIpc) is 2.63. The lowest BCUT2D eigenvalue weighted by Crippen LogP contribution is -2.30. The van der Waals surface area contributed by atoms with Crippen LogP contribution >= 0.6 is 0 Å². The van der Waals surface area contributed by atoms with Gasteiger partial charge in [0.1, 0.15) is 5.69 Å². The highest BCUT2D eigenvalue weighted by atomic mass is 16.6. The van der Waals surface area contributed by atoms with Gasteiger partial charge in [0.05, 0.1) is 4.92 Å². The maximum Gasteiger partial charge on any atom is 0.292 e. The molecule has 1 heterocycles. The lowest BCUT2D eigenvalue weighted by Gasteiger charge is -2.28. The predicted octanol–water partition coefficient (Wildman–Crippen LogP) is 4.81. The maximum atomic E-state index is 11.5. The number of benzene rings is 2. The number of anilines is 2. The summed E-state index contributed by atoms with van der Waals surface area (Å²) in [4.78, 5) is 13.4. The first-order valence-electron chi connectivity index (χ1n) is 8.88. The number of hydrogen-bond acceptors (Lipinski definition) is 4. The standard InChI is InChI=1S/C20H25N3O2/c1-15-6-7-16(2)18(12-15)21-14-17-8-9-19(20(13-17)23(24)25)22-10-4-3-5-11-22/h6-9,12-13,21H,3-5,10-11,14H2,1-2H3. The zero-order chi connectivity index (χ0) is 17.8. The monoisotopic (exact) mass is 339 g/mol. The summed E-state index contributed by atoms with van der Waals surface area (Å²) in [5, 5.41) is 14.9. The van der Waals surface area contributed by atoms with Gasteiger partial charge in [-0.15, -0.1) is 0 Å². The van der Waals surface area contributed by atoms with E-state index < -0.39 is 0 Å². The molecule has 5 heteroatoms. The minimum absolute atomic E-state index is 0.210. The van der Waals surface area contributed by atoms with Crippen LogP contribution in [0.2, 0.25) is 0 Å². The Morgan fingerprint density at radius 1 is 1.08 bits per heavy atom. The molecule has 0 aromatic heterocycles. The molecule has 1 aliphatic heterocycles. The molecule has 0 aliphatic carbocycles. The fraction of sp³-hybridized carbons (Fsp3) is 0.400. The molecule has 1 aliphatic rings. The summed E-state index contributed by atoms with van der Waals surface area (Å²) >= 11 is 0. The van der Waals surface area contributed by atoms with E-state index in [2.05, 4.69) is 42.3 Å². The summed E-state index contributed by atoms with van der Waals surface area (Å²) in [5.74, 6) is 0. The van der Waals surface area contributed by atoms with Crippen molar-refractivity contribution in [2.24, 2.45) is 0 Å². The lowest BCUT2D eigenvalue weighted by molar-refractivity contribution is -0.384. The molecule has 0 radical (unpaired) electrons. The molecule has 0 amide bonds. The van der Waals surface area contributed by atoms with Gasteiger partial charge in [0, 0.05) is 31.4 Å². The Bertz CT molecular complexity index is 768. The molecule has 3 rings (SSSR count). The normalized spacial score (nSPS) is 14.4. The van der Waals surface area contributed by atoms with Gasteiger partial charge in [0.2, 0.25) is 0 Å². The van der Waals surface area contributed by atoms with E-state index in [0.717, 1.165) is 42.9 Å². The smallest absolute Gasteiger partial charge is 0.292 e. The van der Waals surface area contributed by atoms with Crippen molar-refractivity contribution >= 4 is 17.1 Å². The fourth-order valence-corrected chi connectivity index (χ4v) is 3.35. The molecule has 132 valence electrons. The van der Waals surface area contributed by atoms with Gasteiger partial charge in [0.15, 0.2) is 0 Å². The van der Waals surface area contributed by atoms with E-state index in [1.807, 2.05) is 12.1 Å². The quantitative estimate of drug-likeness (QED) is 0.627. The van der Waals surface area contributed by atoms with Crippen LogP contribution in [0.1, 0.15) is 36.0 Å². The van der Waals surface area contributed by atoms with Gasteiger partial charge in [-0.05, 0) is 61.9 Å². The SMILES string of the molecule is Cc1ccc(C)c(NCc2ccc(N3CCCCC3)c([N+](=O)[O-])c2)c1. The number of hydrogen-bond donors (Lipinski definition) is 1. The summed E-state index contributed by atoms with van der Waals surface area (Å²) < 4.78 is 0. The van der Waals surface area contributed by atoms with Crippen molar-refractivity contribution in [1.82, 2.24) is 0 Å². The Balaban J connectivity index is 1.79. The fourth-order valence-electron chi connectivity index (χ4n) is 3.35. The van der Waals surface area contributed by atoms with Crippen molar-refractivity contribution in [3.05, 3.63) is 63.2 Å². The second-order valence-corrected chi connectivity index (χ2v) is 6.80. The predicted molar refractivity (Wildman–Crippen MR) is 102 cm³/mol. The summed E-state index contributed by atoms with van der Waals surface area (Å²) in [7, 11) is 0. The second-order valence-electron chi connectivity index (χ2n) is 6.80. The first-order valence-corrected chi connectivity index (χ1v) is 8.88. The van der Waals surface area contributed by atoms with Gasteiger partial charge >= 0.3 is 0 Å². The molecule has 25 heavy (non-hydrogen) atoms. The molecule has 0 spiro atoms. The Kier molecular flexibility index (Phi) is 5.22. The minimum Gasteiger partial charge on any atom is -0.381 e. The summed E-state index contributed by atoms with van der Waals surface area (Å²) in [6.07, 6.45) is 3.42. The summed E-state index contributed by atoms with van der Waals surface area (Å²) in [6, 6.07) is 11.9. The molecule has 1 N–H and O–H groups in total. The van der Waals surface area contributed by atoms with E-state index in [-0.39, 0.29) is 10.6 Å². The third-order valence-electron chi connectivity index (χ3n) is 4.81. The van der Waals surface area contributed by atoms with Crippen LogP contribution in [-0.4, -0.2) is 18.0 Å². The Hall–Kier alpha value is -2.56. The van der Waals surface area contributed by atoms with Gasteiger partial charge in [-0.1, -0.05) is 18.2 Å². The van der Waals surface area contributed by atoms with E-state index in [1.165, 1.54) is 17.5 Å². The van der Waals surface area contributed by atoms with Crippen molar-refractivity contribution in [1.29, 1.82) is 0 Å². The van der Waals surface area contributed by atoms with Crippen molar-refractivity contribution in [3.8, 4) is 0 Å². The molecule has 1 fully saturated rings. The van der Waals surface area contributed by atoms with Crippen molar-refractivity contribution in [3.63, 3.8) is 0 Å². The summed E-state index contributed by atoms with van der Waals surface area (Å²) in [6.45, 7) is 6.50. The molecule has 0 unspecified atom stereocenters. The van der Waals surface area contributed by atoms with E-state index in [1.54, 1.807) is 6.07 Å². The van der Waals surface area contributed by atoms with Crippen molar-refractivity contribution in [2.45, 2.75) is 39.7 Å². The highest BCUT2D eigenvalue weighted by molar-refractivity contribution is 5.65. The molecule has 0 atom stereocenters. The number of nitro groups is 1. The summed E-state index contributed by atoms with van der Waals surface area (Å²) in [5.41, 5.74) is 5.32. The molecular weight excluding hydrogens is 314 g/mol. The molecule has 0 saturated carbocycles. The third kappa shape index (κ3) is 4.10. The molecule has 2 aromatic carbocycles. The van der Waals surface area contributed by atoms with Crippen molar-refractivity contribution in [2.75, 3.05) is 23.3 Å². The van der Waals surface area contributed by atoms with Crippen LogP contribution in [0.4, 0.5) is 17.1 Å². The third-order valence-corrected chi connectivity index (χ3v) is 4.81. The largest absolute Gasteiger partial charge is 0.381 e. The number of piperidine rings is 1. The minimum atomic E-state index is -0.259. The number of nitrogens with one attached hydrogen (secondary N) is 1. The Morgan fingerprint density at radius 3 is 2.56 bits per heavy atom. The zero-order valence-corrected chi connectivity index (χ0v) is 14.9. The van der Waals surface area contributed by atoms with Crippen LogP contribution in [0.25, 0.3) is 0 Å². The van der Waals surface area contributed by atoms with Gasteiger partial charge < -0.3 is 10.2 Å². The van der Waals surface area contributed by atoms with Crippen LogP contribution in [0.15, 0.2) is 36.4 Å². The van der Waals surface area contributed by atoms with Crippen LogP contribution in [0.3, 0.4) is 0 Å². The Morgan fingerprint density at radius 2 is 1.84 bits per heavy atom. The number of nitro benzene ring substituents is 1. The number of rotatable bonds is 5. The van der Waals surface area contributed by atoms with Crippen molar-refractivity contribution < 1.29 is 4.92 Å².